The number of carbonyl (C=O) groups is 2. The van der Waals surface area contributed by atoms with Gasteiger partial charge in [0, 0.05) is 21.5 Å². The van der Waals surface area contributed by atoms with E-state index in [0.717, 1.165) is 0 Å². The Kier molecular flexibility index (Phi) is 4.36. The van der Waals surface area contributed by atoms with Crippen molar-refractivity contribution in [3.8, 4) is 0 Å². The predicted octanol–water partition coefficient (Wildman–Crippen LogP) is 4.37. The molecule has 3 rings (SSSR count). The van der Waals surface area contributed by atoms with Crippen molar-refractivity contribution in [3.05, 3.63) is 70.1 Å². The van der Waals surface area contributed by atoms with Gasteiger partial charge < -0.3 is 9.72 Å². The first-order chi connectivity index (χ1) is 11.5. The highest BCUT2D eigenvalue weighted by molar-refractivity contribution is 6.30. The molecule has 0 unspecified atom stereocenters. The second-order valence-corrected chi connectivity index (χ2v) is 5.56. The Morgan fingerprint density at radius 2 is 1.88 bits per heavy atom. The number of hydrogen-bond acceptors (Lipinski definition) is 3. The van der Waals surface area contributed by atoms with Crippen molar-refractivity contribution in [2.45, 2.75) is 6.92 Å². The maximum atomic E-state index is 13.5. The molecule has 3 aromatic rings. The van der Waals surface area contributed by atoms with Gasteiger partial charge in [0.05, 0.1) is 12.2 Å². The van der Waals surface area contributed by atoms with Crippen molar-refractivity contribution in [3.63, 3.8) is 0 Å². The van der Waals surface area contributed by atoms with Gasteiger partial charge in [0.15, 0.2) is 5.78 Å². The Labute approximate surface area is 142 Å². The number of ketones is 1. The summed E-state index contributed by atoms with van der Waals surface area (Å²) >= 11 is 5.84. The quantitative estimate of drug-likeness (QED) is 0.564. The van der Waals surface area contributed by atoms with Gasteiger partial charge in [0.25, 0.3) is 0 Å². The molecule has 0 aliphatic carbocycles. The number of halogens is 2. The van der Waals surface area contributed by atoms with Crippen LogP contribution in [-0.2, 0) is 4.74 Å². The fourth-order valence-corrected chi connectivity index (χ4v) is 2.63. The average molecular weight is 346 g/mol. The minimum absolute atomic E-state index is 0.0115. The van der Waals surface area contributed by atoms with Crippen LogP contribution in [0.15, 0.2) is 42.5 Å². The number of esters is 1. The third-order valence-corrected chi connectivity index (χ3v) is 3.83. The number of benzene rings is 2. The van der Waals surface area contributed by atoms with Crippen LogP contribution in [0.25, 0.3) is 10.9 Å². The summed E-state index contributed by atoms with van der Waals surface area (Å²) in [6.45, 7) is 1.83. The second kappa shape index (κ2) is 6.45. The molecule has 2 aromatic carbocycles. The maximum absolute atomic E-state index is 13.5. The molecule has 6 heteroatoms. The molecule has 0 radical (unpaired) electrons. The van der Waals surface area contributed by atoms with E-state index in [2.05, 4.69) is 4.98 Å². The zero-order valence-corrected chi connectivity index (χ0v) is 13.5. The van der Waals surface area contributed by atoms with Crippen LogP contribution in [-0.4, -0.2) is 23.3 Å². The number of rotatable bonds is 4. The molecule has 0 bridgehead atoms. The van der Waals surface area contributed by atoms with E-state index in [0.29, 0.717) is 21.5 Å². The molecule has 4 nitrogen and oxygen atoms in total. The summed E-state index contributed by atoms with van der Waals surface area (Å²) in [5.41, 5.74) is 0.897. The summed E-state index contributed by atoms with van der Waals surface area (Å²) in [4.78, 5) is 27.9. The van der Waals surface area contributed by atoms with Crippen molar-refractivity contribution in [1.82, 2.24) is 4.98 Å². The van der Waals surface area contributed by atoms with E-state index < -0.39 is 11.8 Å². The smallest absolute Gasteiger partial charge is 0.355 e. The Morgan fingerprint density at radius 1 is 1.17 bits per heavy atom. The summed E-state index contributed by atoms with van der Waals surface area (Å²) in [7, 11) is 0. The topological polar surface area (TPSA) is 59.2 Å². The van der Waals surface area contributed by atoms with E-state index in [-0.39, 0.29) is 23.6 Å². The van der Waals surface area contributed by atoms with Crippen LogP contribution in [0.4, 0.5) is 4.39 Å². The molecule has 0 saturated carbocycles. The number of ether oxygens (including phenoxy) is 1. The lowest BCUT2D eigenvalue weighted by atomic mass is 10.00. The van der Waals surface area contributed by atoms with E-state index >= 15 is 0 Å². The summed E-state index contributed by atoms with van der Waals surface area (Å²) < 4.78 is 18.5. The van der Waals surface area contributed by atoms with Crippen molar-refractivity contribution < 1.29 is 18.7 Å². The van der Waals surface area contributed by atoms with Crippen LogP contribution >= 0.6 is 11.6 Å². The van der Waals surface area contributed by atoms with Gasteiger partial charge in [-0.2, -0.15) is 0 Å². The van der Waals surface area contributed by atoms with Gasteiger partial charge in [0.2, 0.25) is 0 Å². The van der Waals surface area contributed by atoms with E-state index in [1.807, 2.05) is 0 Å². The van der Waals surface area contributed by atoms with Crippen LogP contribution in [0.3, 0.4) is 0 Å². The van der Waals surface area contributed by atoms with Crippen LogP contribution in [0.2, 0.25) is 5.02 Å². The van der Waals surface area contributed by atoms with Crippen LogP contribution in [0.5, 0.6) is 0 Å². The number of aromatic amines is 1. The van der Waals surface area contributed by atoms with Crippen molar-refractivity contribution in [2.24, 2.45) is 0 Å². The lowest BCUT2D eigenvalue weighted by molar-refractivity contribution is 0.0518. The van der Waals surface area contributed by atoms with Gasteiger partial charge in [-0.3, -0.25) is 4.79 Å². The van der Waals surface area contributed by atoms with Gasteiger partial charge in [-0.05, 0) is 49.4 Å². The molecule has 1 heterocycles. The van der Waals surface area contributed by atoms with Crippen LogP contribution in [0, 0.1) is 5.82 Å². The van der Waals surface area contributed by atoms with Gasteiger partial charge in [-0.25, -0.2) is 9.18 Å². The lowest BCUT2D eigenvalue weighted by Crippen LogP contribution is -2.12. The Morgan fingerprint density at radius 3 is 2.54 bits per heavy atom. The summed E-state index contributed by atoms with van der Waals surface area (Å²) in [6.07, 6.45) is 0. The van der Waals surface area contributed by atoms with Crippen LogP contribution < -0.4 is 0 Å². The van der Waals surface area contributed by atoms with Gasteiger partial charge >= 0.3 is 5.97 Å². The van der Waals surface area contributed by atoms with Gasteiger partial charge in [-0.1, -0.05) is 11.6 Å². The van der Waals surface area contributed by atoms with Gasteiger partial charge in [-0.15, -0.1) is 0 Å². The molecule has 122 valence electrons. The maximum Gasteiger partial charge on any atom is 0.355 e. The van der Waals surface area contributed by atoms with E-state index in [1.54, 1.807) is 31.2 Å². The molecule has 0 aliphatic rings. The molecular formula is C18H13ClFNO3. The number of aromatic nitrogens is 1. The van der Waals surface area contributed by atoms with Crippen molar-refractivity contribution in [1.29, 1.82) is 0 Å². The minimum atomic E-state index is -0.661. The first-order valence-electron chi connectivity index (χ1n) is 7.30. The SMILES string of the molecule is CCOC(=O)c1[nH]c2cc(F)ccc2c1C(=O)c1ccc(Cl)cc1. The fourth-order valence-electron chi connectivity index (χ4n) is 2.51. The average Bonchev–Trinajstić information content (AvgIpc) is 2.93. The van der Waals surface area contributed by atoms with E-state index in [9.17, 15) is 14.0 Å². The number of hydrogen-bond donors (Lipinski definition) is 1. The normalized spacial score (nSPS) is 10.8. The molecule has 24 heavy (non-hydrogen) atoms. The molecule has 1 N–H and O–H groups in total. The summed E-state index contributed by atoms with van der Waals surface area (Å²) in [5, 5.41) is 0.956. The first kappa shape index (κ1) is 16.2. The highest BCUT2D eigenvalue weighted by atomic mass is 35.5. The second-order valence-electron chi connectivity index (χ2n) is 5.12. The number of carbonyl (C=O) groups excluding carboxylic acids is 2. The molecular weight excluding hydrogens is 333 g/mol. The molecule has 0 amide bonds. The van der Waals surface area contributed by atoms with E-state index in [4.69, 9.17) is 16.3 Å². The zero-order valence-electron chi connectivity index (χ0n) is 12.7. The fraction of sp³-hybridized carbons (Fsp3) is 0.111. The molecule has 0 atom stereocenters. The Hall–Kier alpha value is -2.66. The summed E-state index contributed by atoms with van der Waals surface area (Å²) in [5.74, 6) is -1.50. The lowest BCUT2D eigenvalue weighted by Gasteiger charge is -2.04. The number of nitrogens with one attached hydrogen (secondary N) is 1. The highest BCUT2D eigenvalue weighted by Crippen LogP contribution is 2.27. The third kappa shape index (κ3) is 2.90. The van der Waals surface area contributed by atoms with Crippen molar-refractivity contribution >= 4 is 34.3 Å². The molecule has 0 saturated heterocycles. The number of H-pyrrole nitrogens is 1. The minimum Gasteiger partial charge on any atom is -0.461 e. The summed E-state index contributed by atoms with van der Waals surface area (Å²) in [6, 6.07) is 10.3. The standard InChI is InChI=1S/C18H13ClFNO3/c1-2-24-18(23)16-15(13-8-7-12(20)9-14(13)21-16)17(22)10-3-5-11(19)6-4-10/h3-9,21H,2H2,1H3. The van der Waals surface area contributed by atoms with Crippen LogP contribution in [0.1, 0.15) is 33.3 Å². The predicted molar refractivity (Wildman–Crippen MR) is 89.1 cm³/mol. The zero-order chi connectivity index (χ0) is 17.3. The molecule has 0 fully saturated rings. The van der Waals surface area contributed by atoms with Gasteiger partial charge in [0.1, 0.15) is 11.5 Å². The van der Waals surface area contributed by atoms with E-state index in [1.165, 1.54) is 18.2 Å². The van der Waals surface area contributed by atoms with Crippen molar-refractivity contribution in [2.75, 3.05) is 6.61 Å². The highest BCUT2D eigenvalue weighted by Gasteiger charge is 2.25. The Balaban J connectivity index is 2.20. The molecule has 0 aliphatic heterocycles. The third-order valence-electron chi connectivity index (χ3n) is 3.57. The number of fused-ring (bicyclic) bond motifs is 1. The Bertz CT molecular complexity index is 931. The molecule has 1 aromatic heterocycles. The first-order valence-corrected chi connectivity index (χ1v) is 7.67. The monoisotopic (exact) mass is 345 g/mol. The largest absolute Gasteiger partial charge is 0.461 e. The molecule has 0 spiro atoms.